The molecule has 2 aromatic rings. The lowest BCUT2D eigenvalue weighted by molar-refractivity contribution is -0.121. The van der Waals surface area contributed by atoms with Crippen LogP contribution in [0.15, 0.2) is 59.7 Å². The van der Waals surface area contributed by atoms with Gasteiger partial charge in [0.1, 0.15) is 0 Å². The van der Waals surface area contributed by atoms with Crippen molar-refractivity contribution in [3.05, 3.63) is 65.7 Å². The molecule has 2 aromatic carbocycles. The van der Waals surface area contributed by atoms with Crippen LogP contribution in [0.1, 0.15) is 50.2 Å². The van der Waals surface area contributed by atoms with Crippen LogP contribution in [-0.2, 0) is 16.0 Å². The zero-order valence-corrected chi connectivity index (χ0v) is 16.3. The first-order chi connectivity index (χ1) is 13.6. The van der Waals surface area contributed by atoms with Gasteiger partial charge in [0, 0.05) is 11.6 Å². The lowest BCUT2D eigenvalue weighted by Crippen LogP contribution is -2.24. The second-order valence-corrected chi connectivity index (χ2v) is 7.30. The van der Waals surface area contributed by atoms with Gasteiger partial charge in [0.05, 0.1) is 12.1 Å². The summed E-state index contributed by atoms with van der Waals surface area (Å²) in [5, 5.41) is 7.19. The molecule has 0 saturated heterocycles. The van der Waals surface area contributed by atoms with E-state index >= 15 is 0 Å². The van der Waals surface area contributed by atoms with Gasteiger partial charge in [0.25, 0.3) is 0 Å². The molecule has 5 nitrogen and oxygen atoms in total. The Labute approximate surface area is 166 Å². The number of anilines is 1. The van der Waals surface area contributed by atoms with Crippen LogP contribution in [0.25, 0.3) is 0 Å². The number of amides is 2. The van der Waals surface area contributed by atoms with Crippen molar-refractivity contribution < 1.29 is 9.59 Å². The number of nitrogens with one attached hydrogen (secondary N) is 2. The number of carbonyl (C=O) groups is 2. The van der Waals surface area contributed by atoms with Gasteiger partial charge in [0.2, 0.25) is 11.8 Å². The average molecular weight is 377 g/mol. The summed E-state index contributed by atoms with van der Waals surface area (Å²) in [4.78, 5) is 24.3. The average Bonchev–Trinajstić information content (AvgIpc) is 2.74. The molecule has 2 amide bonds. The first-order valence-electron chi connectivity index (χ1n) is 9.90. The summed E-state index contributed by atoms with van der Waals surface area (Å²) in [6.07, 6.45) is 5.78. The Morgan fingerprint density at radius 2 is 1.64 bits per heavy atom. The van der Waals surface area contributed by atoms with Crippen LogP contribution >= 0.6 is 0 Å². The van der Waals surface area contributed by atoms with Gasteiger partial charge in [-0.3, -0.25) is 9.59 Å². The molecular formula is C23H27N3O2. The molecule has 0 aliphatic heterocycles. The van der Waals surface area contributed by atoms with Crippen LogP contribution in [0.3, 0.4) is 0 Å². The maximum Gasteiger partial charge on any atom is 0.244 e. The molecule has 1 aliphatic carbocycles. The van der Waals surface area contributed by atoms with Crippen LogP contribution < -0.4 is 10.7 Å². The smallest absolute Gasteiger partial charge is 0.244 e. The van der Waals surface area contributed by atoms with E-state index in [1.54, 1.807) is 0 Å². The van der Waals surface area contributed by atoms with Gasteiger partial charge in [-0.2, -0.15) is 5.10 Å². The Kier molecular flexibility index (Phi) is 6.95. The van der Waals surface area contributed by atoms with E-state index in [1.165, 1.54) is 6.42 Å². The van der Waals surface area contributed by atoms with Crippen molar-refractivity contribution in [3.8, 4) is 0 Å². The van der Waals surface area contributed by atoms with Crippen LogP contribution in [-0.4, -0.2) is 17.5 Å². The van der Waals surface area contributed by atoms with E-state index in [-0.39, 0.29) is 17.7 Å². The van der Waals surface area contributed by atoms with Gasteiger partial charge in [0.15, 0.2) is 0 Å². The summed E-state index contributed by atoms with van der Waals surface area (Å²) in [7, 11) is 0. The monoisotopic (exact) mass is 377 g/mol. The summed E-state index contributed by atoms with van der Waals surface area (Å²) in [5.74, 6) is 0.101. The van der Waals surface area contributed by atoms with Crippen molar-refractivity contribution >= 4 is 23.2 Å². The minimum Gasteiger partial charge on any atom is -0.326 e. The molecule has 0 atom stereocenters. The van der Waals surface area contributed by atoms with Gasteiger partial charge < -0.3 is 5.32 Å². The number of hydrogen-bond acceptors (Lipinski definition) is 3. The van der Waals surface area contributed by atoms with Gasteiger partial charge >= 0.3 is 0 Å². The standard InChI is InChI=1S/C23H27N3O2/c1-17(25-26-22(27)16-18-8-4-2-5-9-18)19-12-14-21(15-13-19)24-23(28)20-10-6-3-7-11-20/h2,4-5,8-9,12-15,20H,3,6-7,10-11,16H2,1H3,(H,24,28)(H,26,27)/b25-17+. The van der Waals surface area contributed by atoms with Crippen LogP contribution in [0.4, 0.5) is 5.69 Å². The van der Waals surface area contributed by atoms with Crippen molar-refractivity contribution in [2.75, 3.05) is 5.32 Å². The number of rotatable bonds is 6. The van der Waals surface area contributed by atoms with Gasteiger partial charge in [-0.05, 0) is 43.0 Å². The summed E-state index contributed by atoms with van der Waals surface area (Å²) in [6.45, 7) is 1.85. The first-order valence-corrected chi connectivity index (χ1v) is 9.90. The van der Waals surface area contributed by atoms with E-state index in [4.69, 9.17) is 0 Å². The highest BCUT2D eigenvalue weighted by atomic mass is 16.2. The van der Waals surface area contributed by atoms with E-state index in [9.17, 15) is 9.59 Å². The van der Waals surface area contributed by atoms with Gasteiger partial charge in [-0.25, -0.2) is 5.43 Å². The Balaban J connectivity index is 1.52. The molecule has 0 spiro atoms. The number of benzene rings is 2. The van der Waals surface area contributed by atoms with E-state index < -0.39 is 0 Å². The molecular weight excluding hydrogens is 350 g/mol. The third-order valence-corrected chi connectivity index (χ3v) is 5.10. The Morgan fingerprint density at radius 1 is 0.964 bits per heavy atom. The van der Waals surface area contributed by atoms with Crippen molar-refractivity contribution in [1.82, 2.24) is 5.43 Å². The molecule has 146 valence electrons. The fraction of sp³-hybridized carbons (Fsp3) is 0.348. The van der Waals surface area contributed by atoms with Crippen LogP contribution in [0, 0.1) is 5.92 Å². The topological polar surface area (TPSA) is 70.6 Å². The summed E-state index contributed by atoms with van der Waals surface area (Å²) in [6, 6.07) is 17.1. The number of hydrazone groups is 1. The van der Waals surface area contributed by atoms with Crippen molar-refractivity contribution in [2.24, 2.45) is 11.0 Å². The quantitative estimate of drug-likeness (QED) is 0.582. The molecule has 1 fully saturated rings. The number of nitrogens with zero attached hydrogens (tertiary/aromatic N) is 1. The van der Waals surface area contributed by atoms with Crippen LogP contribution in [0.5, 0.6) is 0 Å². The predicted octanol–water partition coefficient (Wildman–Crippen LogP) is 4.29. The van der Waals surface area contributed by atoms with Gasteiger partial charge in [-0.1, -0.05) is 61.7 Å². The van der Waals surface area contributed by atoms with Gasteiger partial charge in [-0.15, -0.1) is 0 Å². The SMILES string of the molecule is C/C(=N\NC(=O)Cc1ccccc1)c1ccc(NC(=O)C2CCCCC2)cc1. The minimum absolute atomic E-state index is 0.117. The molecule has 28 heavy (non-hydrogen) atoms. The van der Waals surface area contributed by atoms with E-state index in [0.29, 0.717) is 12.1 Å². The highest BCUT2D eigenvalue weighted by molar-refractivity contribution is 6.00. The first kappa shape index (κ1) is 19.8. The van der Waals surface area contributed by atoms with Crippen molar-refractivity contribution in [2.45, 2.75) is 45.4 Å². The third kappa shape index (κ3) is 5.78. The highest BCUT2D eigenvalue weighted by Gasteiger charge is 2.20. The maximum absolute atomic E-state index is 12.3. The molecule has 0 bridgehead atoms. The van der Waals surface area contributed by atoms with E-state index in [2.05, 4.69) is 15.8 Å². The van der Waals surface area contributed by atoms with Crippen molar-refractivity contribution in [3.63, 3.8) is 0 Å². The number of hydrogen-bond donors (Lipinski definition) is 2. The zero-order valence-electron chi connectivity index (χ0n) is 16.3. The largest absolute Gasteiger partial charge is 0.326 e. The Hall–Kier alpha value is -2.95. The zero-order chi connectivity index (χ0) is 19.8. The molecule has 1 aliphatic rings. The summed E-state index contributed by atoms with van der Waals surface area (Å²) >= 11 is 0. The molecule has 5 heteroatoms. The molecule has 1 saturated carbocycles. The van der Waals surface area contributed by atoms with Crippen LogP contribution in [0.2, 0.25) is 0 Å². The second-order valence-electron chi connectivity index (χ2n) is 7.30. The second kappa shape index (κ2) is 9.83. The molecule has 2 N–H and O–H groups in total. The summed E-state index contributed by atoms with van der Waals surface area (Å²) < 4.78 is 0. The lowest BCUT2D eigenvalue weighted by Gasteiger charge is -2.20. The predicted molar refractivity (Wildman–Crippen MR) is 112 cm³/mol. The Morgan fingerprint density at radius 3 is 2.32 bits per heavy atom. The lowest BCUT2D eigenvalue weighted by atomic mass is 9.88. The minimum atomic E-state index is -0.151. The fourth-order valence-corrected chi connectivity index (χ4v) is 3.44. The van der Waals surface area contributed by atoms with Crippen molar-refractivity contribution in [1.29, 1.82) is 0 Å². The molecule has 0 unspecified atom stereocenters. The van der Waals surface area contributed by atoms with E-state index in [0.717, 1.165) is 42.5 Å². The fourth-order valence-electron chi connectivity index (χ4n) is 3.44. The molecule has 3 rings (SSSR count). The third-order valence-electron chi connectivity index (χ3n) is 5.10. The molecule has 0 heterocycles. The van der Waals surface area contributed by atoms with E-state index in [1.807, 2.05) is 61.5 Å². The maximum atomic E-state index is 12.3. The Bertz CT molecular complexity index is 823. The highest BCUT2D eigenvalue weighted by Crippen LogP contribution is 2.25. The molecule has 0 radical (unpaired) electrons. The molecule has 0 aromatic heterocycles. The normalized spacial score (nSPS) is 15.1. The summed E-state index contributed by atoms with van der Waals surface area (Å²) in [5.41, 5.74) is 5.95. The number of carbonyl (C=O) groups excluding carboxylic acids is 2.